The Hall–Kier alpha value is -1.89. The van der Waals surface area contributed by atoms with Gasteiger partial charge in [-0.1, -0.05) is 71.1 Å². The molecule has 7 nitrogen and oxygen atoms in total. The number of unbranched alkanes of at least 4 members (excludes halogenated alkanes) is 9. The predicted octanol–water partition coefficient (Wildman–Crippen LogP) is 4.73. The molecule has 2 aromatic heterocycles. The number of piperidine rings is 1. The molecular weight excluding hydrogens is 414 g/mol. The molecule has 0 aromatic carbocycles. The molecule has 0 aliphatic carbocycles. The van der Waals surface area contributed by atoms with Gasteiger partial charge in [-0.3, -0.25) is 18.8 Å². The van der Waals surface area contributed by atoms with Gasteiger partial charge in [0.1, 0.15) is 5.82 Å². The monoisotopic (exact) mass is 459 g/mol. The molecule has 1 saturated heterocycles. The fourth-order valence-corrected chi connectivity index (χ4v) is 5.18. The molecule has 33 heavy (non-hydrogen) atoms. The highest BCUT2D eigenvalue weighted by Gasteiger charge is 2.24. The van der Waals surface area contributed by atoms with Gasteiger partial charge >= 0.3 is 5.69 Å². The van der Waals surface area contributed by atoms with Crippen LogP contribution in [0.25, 0.3) is 11.2 Å². The summed E-state index contributed by atoms with van der Waals surface area (Å²) in [5.41, 5.74) is 0.560. The molecule has 0 N–H and O–H groups in total. The average molecular weight is 460 g/mol. The van der Waals surface area contributed by atoms with Gasteiger partial charge in [-0.05, 0) is 32.7 Å². The van der Waals surface area contributed by atoms with Crippen molar-refractivity contribution in [2.75, 3.05) is 6.54 Å². The molecular formula is C26H45N5O2. The van der Waals surface area contributed by atoms with Gasteiger partial charge in [0, 0.05) is 26.7 Å². The summed E-state index contributed by atoms with van der Waals surface area (Å²) in [6.07, 6.45) is 16.5. The number of rotatable bonds is 13. The molecule has 186 valence electrons. The average Bonchev–Trinajstić information content (AvgIpc) is 3.17. The van der Waals surface area contributed by atoms with Gasteiger partial charge < -0.3 is 4.57 Å². The van der Waals surface area contributed by atoms with E-state index < -0.39 is 0 Å². The predicted molar refractivity (Wildman–Crippen MR) is 136 cm³/mol. The summed E-state index contributed by atoms with van der Waals surface area (Å²) in [4.78, 5) is 32.8. The van der Waals surface area contributed by atoms with E-state index in [4.69, 9.17) is 4.98 Å². The Morgan fingerprint density at radius 2 is 1.52 bits per heavy atom. The summed E-state index contributed by atoms with van der Waals surface area (Å²) in [7, 11) is 3.28. The van der Waals surface area contributed by atoms with Crippen molar-refractivity contribution in [2.45, 2.75) is 116 Å². The number of likely N-dealkylation sites (tertiary alicyclic amines) is 1. The minimum atomic E-state index is -0.311. The second-order valence-corrected chi connectivity index (χ2v) is 10.1. The minimum Gasteiger partial charge on any atom is -0.321 e. The third kappa shape index (κ3) is 6.37. The molecule has 1 unspecified atom stereocenters. The lowest BCUT2D eigenvalue weighted by Crippen LogP contribution is -2.38. The van der Waals surface area contributed by atoms with Crippen molar-refractivity contribution in [1.82, 2.24) is 23.6 Å². The first-order valence-corrected chi connectivity index (χ1v) is 13.3. The first-order chi connectivity index (χ1) is 16.0. The summed E-state index contributed by atoms with van der Waals surface area (Å²) in [5.74, 6) is 0.924. The van der Waals surface area contributed by atoms with Crippen LogP contribution in [0.3, 0.4) is 0 Å². The fraction of sp³-hybridized carbons (Fsp3) is 0.808. The van der Waals surface area contributed by atoms with E-state index in [1.807, 2.05) is 0 Å². The highest BCUT2D eigenvalue weighted by molar-refractivity contribution is 5.71. The third-order valence-corrected chi connectivity index (χ3v) is 7.45. The van der Waals surface area contributed by atoms with Gasteiger partial charge in [0.2, 0.25) is 0 Å². The van der Waals surface area contributed by atoms with Gasteiger partial charge in [0.15, 0.2) is 11.2 Å². The molecule has 1 aliphatic rings. The Kier molecular flexibility index (Phi) is 9.78. The molecule has 3 rings (SSSR count). The third-order valence-electron chi connectivity index (χ3n) is 7.45. The van der Waals surface area contributed by atoms with Crippen molar-refractivity contribution in [3.05, 3.63) is 26.7 Å². The number of hydrogen-bond donors (Lipinski definition) is 0. The lowest BCUT2D eigenvalue weighted by atomic mass is 10.0. The quantitative estimate of drug-likeness (QED) is 0.406. The first-order valence-electron chi connectivity index (χ1n) is 13.3. The molecule has 0 amide bonds. The van der Waals surface area contributed by atoms with Crippen molar-refractivity contribution in [1.29, 1.82) is 0 Å². The maximum absolute atomic E-state index is 13.0. The number of fused-ring (bicyclic) bond motifs is 1. The number of imidazole rings is 1. The minimum absolute atomic E-state index is 0.231. The Morgan fingerprint density at radius 1 is 0.879 bits per heavy atom. The zero-order chi connectivity index (χ0) is 23.8. The van der Waals surface area contributed by atoms with Crippen LogP contribution in [0.5, 0.6) is 0 Å². The molecule has 1 aliphatic heterocycles. The number of aryl methyl sites for hydroxylation is 2. The van der Waals surface area contributed by atoms with Crippen LogP contribution in [0.15, 0.2) is 9.59 Å². The summed E-state index contributed by atoms with van der Waals surface area (Å²) in [6.45, 7) is 7.14. The van der Waals surface area contributed by atoms with Crippen LogP contribution in [-0.4, -0.2) is 36.2 Å². The van der Waals surface area contributed by atoms with Crippen molar-refractivity contribution < 1.29 is 0 Å². The van der Waals surface area contributed by atoms with Crippen LogP contribution in [0.2, 0.25) is 0 Å². The zero-order valence-corrected chi connectivity index (χ0v) is 21.4. The van der Waals surface area contributed by atoms with E-state index in [1.54, 1.807) is 14.1 Å². The van der Waals surface area contributed by atoms with E-state index in [9.17, 15) is 9.59 Å². The van der Waals surface area contributed by atoms with E-state index in [1.165, 1.54) is 86.2 Å². The highest BCUT2D eigenvalue weighted by Crippen LogP contribution is 2.21. The zero-order valence-electron chi connectivity index (χ0n) is 21.4. The van der Waals surface area contributed by atoms with Crippen LogP contribution in [-0.2, 0) is 27.2 Å². The number of hydrogen-bond acceptors (Lipinski definition) is 4. The van der Waals surface area contributed by atoms with Gasteiger partial charge in [0.25, 0.3) is 5.56 Å². The molecule has 1 atom stereocenters. The Balaban J connectivity index is 1.69. The first kappa shape index (κ1) is 25.7. The molecule has 0 spiro atoms. The van der Waals surface area contributed by atoms with Crippen LogP contribution in [0.1, 0.15) is 103 Å². The maximum atomic E-state index is 13.0. The molecule has 0 radical (unpaired) electrons. The molecule has 7 heteroatoms. The van der Waals surface area contributed by atoms with E-state index in [0.29, 0.717) is 17.2 Å². The molecule has 0 saturated carbocycles. The second kappa shape index (κ2) is 12.5. The standard InChI is InChI=1S/C26H45N5O2/c1-5-6-7-8-9-10-11-12-13-15-19-31-22(20-30-18-16-14-17-21(30)2)27-24-23(31)25(32)29(4)26(33)28(24)3/h21H,5-20H2,1-4H3. The van der Waals surface area contributed by atoms with Gasteiger partial charge in [-0.25, -0.2) is 9.78 Å². The normalized spacial score (nSPS) is 17.3. The number of nitrogens with zero attached hydrogens (tertiary/aromatic N) is 5. The van der Waals surface area contributed by atoms with E-state index >= 15 is 0 Å². The topological polar surface area (TPSA) is 65.1 Å². The van der Waals surface area contributed by atoms with Crippen molar-refractivity contribution in [2.24, 2.45) is 14.1 Å². The lowest BCUT2D eigenvalue weighted by molar-refractivity contribution is 0.147. The van der Waals surface area contributed by atoms with Crippen LogP contribution >= 0.6 is 0 Å². The van der Waals surface area contributed by atoms with Crippen LogP contribution in [0, 0.1) is 0 Å². The van der Waals surface area contributed by atoms with Crippen molar-refractivity contribution in [3.63, 3.8) is 0 Å². The van der Waals surface area contributed by atoms with Crippen molar-refractivity contribution >= 4 is 11.2 Å². The molecule has 0 bridgehead atoms. The summed E-state index contributed by atoms with van der Waals surface area (Å²) in [5, 5.41) is 0. The summed E-state index contributed by atoms with van der Waals surface area (Å²) in [6, 6.07) is 0.524. The van der Waals surface area contributed by atoms with Gasteiger partial charge in [-0.15, -0.1) is 0 Å². The molecule has 3 heterocycles. The van der Waals surface area contributed by atoms with Crippen LogP contribution < -0.4 is 11.2 Å². The Bertz CT molecular complexity index is 1000. The number of aromatic nitrogens is 4. The molecule has 1 fully saturated rings. The van der Waals surface area contributed by atoms with Gasteiger partial charge in [-0.2, -0.15) is 0 Å². The summed E-state index contributed by atoms with van der Waals surface area (Å²) >= 11 is 0. The van der Waals surface area contributed by atoms with Crippen molar-refractivity contribution in [3.8, 4) is 0 Å². The fourth-order valence-electron chi connectivity index (χ4n) is 5.18. The van der Waals surface area contributed by atoms with E-state index in [2.05, 4.69) is 23.3 Å². The summed E-state index contributed by atoms with van der Waals surface area (Å²) < 4.78 is 4.85. The van der Waals surface area contributed by atoms with E-state index in [-0.39, 0.29) is 11.2 Å². The Morgan fingerprint density at radius 3 is 2.15 bits per heavy atom. The smallest absolute Gasteiger partial charge is 0.321 e. The van der Waals surface area contributed by atoms with Crippen LogP contribution in [0.4, 0.5) is 0 Å². The Labute approximate surface area is 198 Å². The molecule has 2 aromatic rings. The van der Waals surface area contributed by atoms with Gasteiger partial charge in [0.05, 0.1) is 6.54 Å². The SMILES string of the molecule is CCCCCCCCCCCCn1c(CN2CCCCC2C)nc2c1c(=O)n(C)c(=O)n2C. The second-order valence-electron chi connectivity index (χ2n) is 10.1. The van der Waals surface area contributed by atoms with E-state index in [0.717, 1.165) is 31.9 Å². The lowest BCUT2D eigenvalue weighted by Gasteiger charge is -2.33. The maximum Gasteiger partial charge on any atom is 0.332 e. The highest BCUT2D eigenvalue weighted by atomic mass is 16.2. The largest absolute Gasteiger partial charge is 0.332 e.